The van der Waals surface area contributed by atoms with Gasteiger partial charge in [0.25, 0.3) is 0 Å². The molecule has 2 heterocycles. The number of esters is 3. The van der Waals surface area contributed by atoms with Crippen molar-refractivity contribution in [2.45, 2.75) is 149 Å². The van der Waals surface area contributed by atoms with Gasteiger partial charge in [0.2, 0.25) is 0 Å². The fourth-order valence-corrected chi connectivity index (χ4v) is 8.06. The van der Waals surface area contributed by atoms with Crippen LogP contribution >= 0.6 is 0 Å². The molecule has 0 radical (unpaired) electrons. The van der Waals surface area contributed by atoms with Crippen molar-refractivity contribution in [3.8, 4) is 45.8 Å². The molecule has 0 aliphatic carbocycles. The summed E-state index contributed by atoms with van der Waals surface area (Å²) >= 11 is 0. The van der Waals surface area contributed by atoms with E-state index in [1.54, 1.807) is 49.9 Å². The van der Waals surface area contributed by atoms with E-state index in [1.807, 2.05) is 48.5 Å². The minimum Gasteiger partial charge on any atom is -0.490 e. The number of ether oxygens (including phenoxy) is 7. The Kier molecular flexibility index (Phi) is 28.2. The molecule has 0 saturated carbocycles. The first-order valence-electron chi connectivity index (χ1n) is 27.1. The number of rotatable bonds is 40. The van der Waals surface area contributed by atoms with Gasteiger partial charge >= 0.3 is 17.9 Å². The number of benzene rings is 3. The molecule has 5 aromatic rings. The Morgan fingerprint density at radius 1 is 0.427 bits per heavy atom. The number of carbonyl (C=O) groups is 3. The number of carbonyl (C=O) groups excluding carboxylic acids is 3. The lowest BCUT2D eigenvalue weighted by Gasteiger charge is -2.15. The summed E-state index contributed by atoms with van der Waals surface area (Å²) < 4.78 is 39.7. The molecule has 3 aromatic carbocycles. The van der Waals surface area contributed by atoms with Gasteiger partial charge in [0, 0.05) is 23.3 Å². The first-order chi connectivity index (χ1) is 36.8. The Hall–Kier alpha value is -7.09. The number of hydrogen-bond donors (Lipinski definition) is 0. The Labute approximate surface area is 444 Å². The quantitative estimate of drug-likeness (QED) is 0.0157. The summed E-state index contributed by atoms with van der Waals surface area (Å²) in [7, 11) is 0. The highest BCUT2D eigenvalue weighted by atomic mass is 16.5. The molecule has 0 aliphatic heterocycles. The standard InChI is InChI=1S/C61H78N4O10/c1-4-57(66)72-39-25-21-17-13-9-7-11-15-19-23-37-70-53-42-62-59(63-43-53)50-31-27-48(28-32-50)46-74-55-36-35-52(61(68)69-6-3)41-56(55)75-47-49-29-33-51(34-30-49)60-64-44-54(45-65-60)71-38-24-20-16-12-8-10-14-18-22-26-40-73-58(67)5-2/h4-5,27-36,41-45H,1-2,6-26,37-40,46-47H2,3H3. The molecular weight excluding hydrogens is 949 g/mol. The normalized spacial score (nSPS) is 10.8. The second-order valence-corrected chi connectivity index (χ2v) is 18.3. The number of hydrogen-bond acceptors (Lipinski definition) is 14. The highest BCUT2D eigenvalue weighted by Gasteiger charge is 2.15. The highest BCUT2D eigenvalue weighted by Crippen LogP contribution is 2.31. The zero-order valence-corrected chi connectivity index (χ0v) is 44.2. The van der Waals surface area contributed by atoms with Crippen LogP contribution < -0.4 is 18.9 Å². The van der Waals surface area contributed by atoms with Crippen molar-refractivity contribution in [3.05, 3.63) is 134 Å². The Bertz CT molecular complexity index is 2410. The van der Waals surface area contributed by atoms with E-state index < -0.39 is 5.97 Å². The summed E-state index contributed by atoms with van der Waals surface area (Å²) in [6.45, 7) is 11.6. The molecule has 402 valence electrons. The molecule has 0 saturated heterocycles. The van der Waals surface area contributed by atoms with Gasteiger partial charge in [0.15, 0.2) is 34.6 Å². The van der Waals surface area contributed by atoms with Gasteiger partial charge in [-0.25, -0.2) is 34.3 Å². The van der Waals surface area contributed by atoms with Gasteiger partial charge in [-0.1, -0.05) is 164 Å². The van der Waals surface area contributed by atoms with Crippen molar-refractivity contribution in [2.75, 3.05) is 33.0 Å². The topological polar surface area (TPSA) is 167 Å². The third-order valence-electron chi connectivity index (χ3n) is 12.4. The van der Waals surface area contributed by atoms with E-state index in [9.17, 15) is 14.4 Å². The minimum absolute atomic E-state index is 0.232. The molecule has 0 amide bonds. The fraction of sp³-hybridized carbons (Fsp3) is 0.459. The molecule has 0 N–H and O–H groups in total. The van der Waals surface area contributed by atoms with Gasteiger partial charge in [0.05, 0.1) is 63.4 Å². The molecule has 0 spiro atoms. The SMILES string of the molecule is C=CC(=O)OCCCCCCCCCCCCOc1cnc(-c2ccc(COc3ccc(C(=O)OCC)cc3OCc3ccc(-c4ncc(OCCCCCCCCCCCCOC(=O)C=C)cn4)cc3)cc2)nc1. The zero-order valence-electron chi connectivity index (χ0n) is 44.2. The van der Waals surface area contributed by atoms with E-state index in [-0.39, 0.29) is 31.8 Å². The monoisotopic (exact) mass is 1030 g/mol. The minimum atomic E-state index is -0.439. The van der Waals surface area contributed by atoms with E-state index in [0.29, 0.717) is 66.6 Å². The summed E-state index contributed by atoms with van der Waals surface area (Å²) in [5.41, 5.74) is 3.95. The van der Waals surface area contributed by atoms with E-state index in [0.717, 1.165) is 73.6 Å². The van der Waals surface area contributed by atoms with Crippen LogP contribution in [0.5, 0.6) is 23.0 Å². The summed E-state index contributed by atoms with van der Waals surface area (Å²) in [6, 6.07) is 20.8. The van der Waals surface area contributed by atoms with Gasteiger partial charge in [-0.05, 0) is 61.9 Å². The highest BCUT2D eigenvalue weighted by molar-refractivity contribution is 5.90. The van der Waals surface area contributed by atoms with Crippen molar-refractivity contribution in [3.63, 3.8) is 0 Å². The van der Waals surface area contributed by atoms with Gasteiger partial charge < -0.3 is 33.2 Å². The molecule has 2 aromatic heterocycles. The van der Waals surface area contributed by atoms with Crippen LogP contribution in [0, 0.1) is 0 Å². The molecule has 14 heteroatoms. The summed E-state index contributed by atoms with van der Waals surface area (Å²) in [5, 5.41) is 0. The van der Waals surface area contributed by atoms with Crippen LogP contribution in [0.2, 0.25) is 0 Å². The largest absolute Gasteiger partial charge is 0.490 e. The van der Waals surface area contributed by atoms with Crippen molar-refractivity contribution in [1.29, 1.82) is 0 Å². The second-order valence-electron chi connectivity index (χ2n) is 18.3. The van der Waals surface area contributed by atoms with Gasteiger partial charge in [-0.3, -0.25) is 0 Å². The van der Waals surface area contributed by atoms with Gasteiger partial charge in [0.1, 0.15) is 13.2 Å². The Balaban J connectivity index is 0.978. The van der Waals surface area contributed by atoms with Crippen LogP contribution in [0.3, 0.4) is 0 Å². The maximum absolute atomic E-state index is 12.7. The molecule has 5 rings (SSSR count). The number of nitrogens with zero attached hydrogens (tertiary/aromatic N) is 4. The van der Waals surface area contributed by atoms with E-state index in [2.05, 4.69) is 33.1 Å². The van der Waals surface area contributed by atoms with E-state index in [1.165, 1.54) is 89.2 Å². The van der Waals surface area contributed by atoms with E-state index in [4.69, 9.17) is 33.2 Å². The molecule has 0 aliphatic rings. The van der Waals surface area contributed by atoms with Crippen LogP contribution in [-0.2, 0) is 37.0 Å². The van der Waals surface area contributed by atoms with Crippen LogP contribution in [-0.4, -0.2) is 70.9 Å². The van der Waals surface area contributed by atoms with Crippen molar-refractivity contribution in [1.82, 2.24) is 19.9 Å². The molecular formula is C61H78N4O10. The lowest BCUT2D eigenvalue weighted by atomic mass is 10.1. The molecule has 0 bridgehead atoms. The van der Waals surface area contributed by atoms with Crippen LogP contribution in [0.25, 0.3) is 22.8 Å². The first-order valence-corrected chi connectivity index (χ1v) is 27.1. The third kappa shape index (κ3) is 23.8. The molecule has 14 nitrogen and oxygen atoms in total. The molecule has 75 heavy (non-hydrogen) atoms. The fourth-order valence-electron chi connectivity index (χ4n) is 8.06. The lowest BCUT2D eigenvalue weighted by molar-refractivity contribution is -0.138. The smallest absolute Gasteiger partial charge is 0.338 e. The van der Waals surface area contributed by atoms with E-state index >= 15 is 0 Å². The average Bonchev–Trinajstić information content (AvgIpc) is 3.44. The van der Waals surface area contributed by atoms with Crippen molar-refractivity contribution in [2.24, 2.45) is 0 Å². The number of aromatic nitrogens is 4. The predicted molar refractivity (Wildman–Crippen MR) is 292 cm³/mol. The maximum Gasteiger partial charge on any atom is 0.338 e. The average molecular weight is 1030 g/mol. The first kappa shape index (κ1) is 58.8. The molecule has 0 atom stereocenters. The molecule has 0 unspecified atom stereocenters. The van der Waals surface area contributed by atoms with Gasteiger partial charge in [-0.15, -0.1) is 0 Å². The van der Waals surface area contributed by atoms with Gasteiger partial charge in [-0.2, -0.15) is 0 Å². The Morgan fingerprint density at radius 2 is 0.787 bits per heavy atom. The predicted octanol–water partition coefficient (Wildman–Crippen LogP) is 14.0. The summed E-state index contributed by atoms with van der Waals surface area (Å²) in [6.07, 6.45) is 32.1. The van der Waals surface area contributed by atoms with Crippen LogP contribution in [0.15, 0.2) is 117 Å². The summed E-state index contributed by atoms with van der Waals surface area (Å²) in [4.78, 5) is 53.0. The van der Waals surface area contributed by atoms with Crippen LogP contribution in [0.1, 0.15) is 157 Å². The zero-order chi connectivity index (χ0) is 53.0. The number of unbranched alkanes of at least 4 members (excludes halogenated alkanes) is 18. The van der Waals surface area contributed by atoms with Crippen LogP contribution in [0.4, 0.5) is 0 Å². The van der Waals surface area contributed by atoms with Crippen molar-refractivity contribution < 1.29 is 47.5 Å². The summed E-state index contributed by atoms with van der Waals surface area (Å²) in [5.74, 6) is 2.29. The second kappa shape index (κ2) is 36.0. The third-order valence-corrected chi connectivity index (χ3v) is 12.4. The Morgan fingerprint density at radius 3 is 1.16 bits per heavy atom. The maximum atomic E-state index is 12.7. The van der Waals surface area contributed by atoms with Crippen molar-refractivity contribution >= 4 is 17.9 Å². The lowest BCUT2D eigenvalue weighted by Crippen LogP contribution is -2.06. The molecule has 0 fully saturated rings.